The third-order valence-corrected chi connectivity index (χ3v) is 8.66. The van der Waals surface area contributed by atoms with Crippen molar-refractivity contribution in [2.45, 2.75) is 39.2 Å². The zero-order valence-corrected chi connectivity index (χ0v) is 24.6. The molecule has 2 aliphatic rings. The van der Waals surface area contributed by atoms with Crippen molar-refractivity contribution in [1.29, 1.82) is 0 Å². The van der Waals surface area contributed by atoms with E-state index in [0.717, 1.165) is 48.5 Å². The number of hydrogen-bond donors (Lipinski definition) is 1. The number of carbonyl (C=O) groups is 2. The maximum absolute atomic E-state index is 14.8. The summed E-state index contributed by atoms with van der Waals surface area (Å²) in [4.78, 5) is 40.2. The number of nitrogens with zero attached hydrogens (tertiary/aromatic N) is 6. The van der Waals surface area contributed by atoms with Gasteiger partial charge in [-0.25, -0.2) is 23.1 Å². The molecule has 1 saturated heterocycles. The normalized spacial score (nSPS) is 18.3. The van der Waals surface area contributed by atoms with Gasteiger partial charge < -0.3 is 10.1 Å². The highest BCUT2D eigenvalue weighted by atomic mass is 35.5. The van der Waals surface area contributed by atoms with E-state index in [9.17, 15) is 22.8 Å². The summed E-state index contributed by atoms with van der Waals surface area (Å²) in [5.74, 6) is -0.237. The van der Waals surface area contributed by atoms with Gasteiger partial charge >= 0.3 is 0 Å². The smallest absolute Gasteiger partial charge is 0.275 e. The monoisotopic (exact) mass is 625 g/mol. The second kappa shape index (κ2) is 11.5. The lowest BCUT2D eigenvalue weighted by atomic mass is 9.76. The predicted molar refractivity (Wildman–Crippen MR) is 155 cm³/mol. The van der Waals surface area contributed by atoms with Crippen LogP contribution in [0.4, 0.5) is 24.7 Å². The van der Waals surface area contributed by atoms with Gasteiger partial charge in [0.2, 0.25) is 5.91 Å². The number of nitrogens with one attached hydrogen (secondary N) is 1. The van der Waals surface area contributed by atoms with E-state index in [-0.39, 0.29) is 34.3 Å². The molecule has 228 valence electrons. The molecular weight excluding hydrogens is 599 g/mol. The average Bonchev–Trinajstić information content (AvgIpc) is 3.54. The molecule has 1 aliphatic carbocycles. The largest absolute Gasteiger partial charge is 0.493 e. The Hall–Kier alpha value is -4.52. The molecule has 14 heteroatoms. The molecular formula is C30H27ClF3N7O3. The molecule has 1 saturated carbocycles. The molecule has 3 atom stereocenters. The van der Waals surface area contributed by atoms with E-state index in [4.69, 9.17) is 16.3 Å². The summed E-state index contributed by atoms with van der Waals surface area (Å²) in [5.41, 5.74) is 0.295. The third kappa shape index (κ3) is 5.04. The third-order valence-electron chi connectivity index (χ3n) is 8.37. The Morgan fingerprint density at radius 3 is 2.61 bits per heavy atom. The SMILES string of the molecule is COc1c(N2C[C@H]3CC[C@H]3C2=O)ncc(C(C)n2cc(NC(=O)c3cncc(-c4c(C(F)F)ccc(Cl)c4F)n3)cn2)c1C. The molecule has 2 fully saturated rings. The molecule has 0 radical (unpaired) electrons. The highest BCUT2D eigenvalue weighted by molar-refractivity contribution is 6.31. The number of amides is 2. The lowest BCUT2D eigenvalue weighted by molar-refractivity contribution is -0.123. The number of carbonyl (C=O) groups excluding carboxylic acids is 2. The van der Waals surface area contributed by atoms with E-state index < -0.39 is 29.3 Å². The minimum atomic E-state index is -3.00. The van der Waals surface area contributed by atoms with E-state index >= 15 is 0 Å². The summed E-state index contributed by atoms with van der Waals surface area (Å²) in [6, 6.07) is 1.71. The summed E-state index contributed by atoms with van der Waals surface area (Å²) in [5, 5.41) is 6.67. The molecule has 1 unspecified atom stereocenters. The first-order valence-electron chi connectivity index (χ1n) is 13.9. The lowest BCUT2D eigenvalue weighted by Gasteiger charge is -2.25. The maximum atomic E-state index is 14.8. The van der Waals surface area contributed by atoms with Crippen LogP contribution in [0.5, 0.6) is 5.75 Å². The summed E-state index contributed by atoms with van der Waals surface area (Å²) in [6.45, 7) is 4.43. The zero-order chi connectivity index (χ0) is 31.3. The number of alkyl halides is 2. The number of ether oxygens (including phenoxy) is 1. The fraction of sp³-hybridized carbons (Fsp3) is 0.333. The highest BCUT2D eigenvalue weighted by Crippen LogP contribution is 2.45. The number of aromatic nitrogens is 5. The Morgan fingerprint density at radius 2 is 1.95 bits per heavy atom. The molecule has 2 amide bonds. The van der Waals surface area contributed by atoms with Crippen molar-refractivity contribution in [3.63, 3.8) is 0 Å². The van der Waals surface area contributed by atoms with E-state index in [0.29, 0.717) is 29.7 Å². The van der Waals surface area contributed by atoms with Crippen molar-refractivity contribution in [3.05, 3.63) is 76.3 Å². The van der Waals surface area contributed by atoms with Crippen molar-refractivity contribution < 1.29 is 27.5 Å². The number of rotatable bonds is 8. The molecule has 4 aromatic rings. The molecule has 44 heavy (non-hydrogen) atoms. The first kappa shape index (κ1) is 29.5. The van der Waals surface area contributed by atoms with Crippen LogP contribution in [0, 0.1) is 24.6 Å². The van der Waals surface area contributed by atoms with Crippen LogP contribution < -0.4 is 15.0 Å². The number of halogens is 4. The molecule has 3 aromatic heterocycles. The van der Waals surface area contributed by atoms with Gasteiger partial charge in [0.05, 0.1) is 48.1 Å². The minimum Gasteiger partial charge on any atom is -0.493 e. The van der Waals surface area contributed by atoms with Crippen LogP contribution in [-0.2, 0) is 4.79 Å². The van der Waals surface area contributed by atoms with E-state index in [1.165, 1.54) is 6.20 Å². The molecule has 10 nitrogen and oxygen atoms in total. The topological polar surface area (TPSA) is 115 Å². The summed E-state index contributed by atoms with van der Waals surface area (Å²) >= 11 is 5.82. The van der Waals surface area contributed by atoms with E-state index in [1.54, 1.807) is 29.1 Å². The molecule has 0 spiro atoms. The van der Waals surface area contributed by atoms with Gasteiger partial charge in [-0.1, -0.05) is 17.7 Å². The van der Waals surface area contributed by atoms with Gasteiger partial charge in [-0.2, -0.15) is 5.10 Å². The van der Waals surface area contributed by atoms with Crippen molar-refractivity contribution in [1.82, 2.24) is 24.7 Å². The quantitative estimate of drug-likeness (QED) is 0.255. The van der Waals surface area contributed by atoms with Crippen LogP contribution in [0.3, 0.4) is 0 Å². The molecule has 4 heterocycles. The highest BCUT2D eigenvalue weighted by Gasteiger charge is 2.47. The number of benzene rings is 1. The maximum Gasteiger partial charge on any atom is 0.275 e. The van der Waals surface area contributed by atoms with Crippen LogP contribution in [0.1, 0.15) is 59.4 Å². The van der Waals surface area contributed by atoms with Crippen LogP contribution in [0.25, 0.3) is 11.3 Å². The molecule has 6 rings (SSSR count). The van der Waals surface area contributed by atoms with E-state index in [2.05, 4.69) is 25.4 Å². The van der Waals surface area contributed by atoms with Crippen LogP contribution in [-0.4, -0.2) is 50.2 Å². The van der Waals surface area contributed by atoms with Crippen molar-refractivity contribution in [2.75, 3.05) is 23.9 Å². The first-order chi connectivity index (χ1) is 21.1. The Kier molecular flexibility index (Phi) is 7.74. The average molecular weight is 626 g/mol. The number of pyridine rings is 1. The van der Waals surface area contributed by atoms with Gasteiger partial charge in [-0.15, -0.1) is 0 Å². The molecule has 1 N–H and O–H groups in total. The lowest BCUT2D eigenvalue weighted by Crippen LogP contribution is -2.29. The number of methoxy groups -OCH3 is 1. The van der Waals surface area contributed by atoms with Crippen LogP contribution in [0.15, 0.2) is 43.1 Å². The summed E-state index contributed by atoms with van der Waals surface area (Å²) < 4.78 is 49.3. The number of anilines is 2. The van der Waals surface area contributed by atoms with Gasteiger partial charge in [-0.3, -0.25) is 24.2 Å². The van der Waals surface area contributed by atoms with Gasteiger partial charge in [0.15, 0.2) is 17.4 Å². The second-order valence-corrected chi connectivity index (χ2v) is 11.3. The molecule has 1 aliphatic heterocycles. The Bertz CT molecular complexity index is 1780. The second-order valence-electron chi connectivity index (χ2n) is 10.8. The van der Waals surface area contributed by atoms with Crippen LogP contribution >= 0.6 is 11.6 Å². The van der Waals surface area contributed by atoms with Gasteiger partial charge in [0, 0.05) is 47.1 Å². The minimum absolute atomic E-state index is 0.0692. The summed E-state index contributed by atoms with van der Waals surface area (Å²) in [6.07, 6.45) is 5.90. The van der Waals surface area contributed by atoms with Crippen molar-refractivity contribution in [2.24, 2.45) is 11.8 Å². The fourth-order valence-electron chi connectivity index (χ4n) is 5.83. The molecule has 0 bridgehead atoms. The predicted octanol–water partition coefficient (Wildman–Crippen LogP) is 6.02. The molecule has 1 aromatic carbocycles. The Balaban J connectivity index is 1.21. The van der Waals surface area contributed by atoms with Crippen LogP contribution in [0.2, 0.25) is 5.02 Å². The summed E-state index contributed by atoms with van der Waals surface area (Å²) in [7, 11) is 1.55. The van der Waals surface area contributed by atoms with Gasteiger partial charge in [0.25, 0.3) is 12.3 Å². The Labute approximate surface area is 255 Å². The van der Waals surface area contributed by atoms with Gasteiger partial charge in [-0.05, 0) is 38.7 Å². The van der Waals surface area contributed by atoms with Crippen molar-refractivity contribution in [3.8, 4) is 17.0 Å². The number of hydrogen-bond acceptors (Lipinski definition) is 7. The standard InChI is InChI=1S/C30H27ClF3N7O3/c1-14-20(9-36-28(26(14)44-3)40-12-16-4-5-18(16)30(40)43)15(2)41-13-17(8-37-41)38-29(42)23-11-35-10-22(39-23)24-19(27(33)34)6-7-21(31)25(24)32/h6-11,13,15-16,18,27H,4-5,12H2,1-3H3,(H,38,42)/t15?,16-,18-/m1/s1. The zero-order valence-electron chi connectivity index (χ0n) is 23.9. The van der Waals surface area contributed by atoms with Crippen molar-refractivity contribution >= 4 is 34.9 Å². The first-order valence-corrected chi connectivity index (χ1v) is 14.3. The van der Waals surface area contributed by atoms with Gasteiger partial charge in [0.1, 0.15) is 5.69 Å². The Morgan fingerprint density at radius 1 is 1.16 bits per heavy atom. The fourth-order valence-corrected chi connectivity index (χ4v) is 5.98. The van der Waals surface area contributed by atoms with E-state index in [1.807, 2.05) is 13.8 Å². The number of fused-ring (bicyclic) bond motifs is 1.